The van der Waals surface area contributed by atoms with Gasteiger partial charge in [-0.3, -0.25) is 0 Å². The molecule has 2 unspecified atom stereocenters. The van der Waals surface area contributed by atoms with E-state index in [-0.39, 0.29) is 24.8 Å². The molecule has 11 heavy (non-hydrogen) atoms. The van der Waals surface area contributed by atoms with E-state index in [2.05, 4.69) is 6.92 Å². The quantitative estimate of drug-likeness (QED) is 0.730. The van der Waals surface area contributed by atoms with Crippen LogP contribution >= 0.6 is 24.8 Å². The van der Waals surface area contributed by atoms with Gasteiger partial charge in [0.2, 0.25) is 0 Å². The van der Waals surface area contributed by atoms with Crippen molar-refractivity contribution in [2.24, 2.45) is 11.5 Å². The first-order valence-corrected chi connectivity index (χ1v) is 3.68. The lowest BCUT2D eigenvalue weighted by Crippen LogP contribution is -2.23. The second-order valence-corrected chi connectivity index (χ2v) is 2.72. The van der Waals surface area contributed by atoms with Gasteiger partial charge in [-0.2, -0.15) is 0 Å². The Hall–Kier alpha value is 0.500. The van der Waals surface area contributed by atoms with Crippen LogP contribution in [-0.4, -0.2) is 12.1 Å². The van der Waals surface area contributed by atoms with E-state index in [9.17, 15) is 0 Å². The zero-order valence-corrected chi connectivity index (χ0v) is 8.88. The fraction of sp³-hybridized carbons (Fsp3) is 1.00. The third kappa shape index (κ3) is 13.5. The van der Waals surface area contributed by atoms with Crippen molar-refractivity contribution >= 4 is 24.8 Å². The van der Waals surface area contributed by atoms with E-state index in [1.54, 1.807) is 0 Å². The second-order valence-electron chi connectivity index (χ2n) is 2.72. The highest BCUT2D eigenvalue weighted by atomic mass is 35.5. The van der Waals surface area contributed by atoms with Crippen LogP contribution < -0.4 is 11.5 Å². The van der Waals surface area contributed by atoms with Gasteiger partial charge in [-0.1, -0.05) is 6.92 Å². The van der Waals surface area contributed by atoms with Gasteiger partial charge in [-0.15, -0.1) is 24.8 Å². The van der Waals surface area contributed by atoms with E-state index in [0.717, 1.165) is 19.3 Å². The van der Waals surface area contributed by atoms with Crippen LogP contribution in [0.15, 0.2) is 0 Å². The van der Waals surface area contributed by atoms with Crippen LogP contribution in [0, 0.1) is 0 Å². The highest BCUT2D eigenvalue weighted by Gasteiger charge is 1.99. The molecule has 2 nitrogen and oxygen atoms in total. The molecular formula is C7H20Cl2N2. The summed E-state index contributed by atoms with van der Waals surface area (Å²) in [6.45, 7) is 4.12. The molecule has 4 N–H and O–H groups in total. The summed E-state index contributed by atoms with van der Waals surface area (Å²) in [5.41, 5.74) is 11.2. The molecule has 0 aliphatic carbocycles. The van der Waals surface area contributed by atoms with E-state index in [1.807, 2.05) is 6.92 Å². The molecule has 0 bridgehead atoms. The molecule has 0 spiro atoms. The summed E-state index contributed by atoms with van der Waals surface area (Å²) in [7, 11) is 0. The number of nitrogens with two attached hydrogens (primary N) is 2. The molecule has 0 aromatic heterocycles. The molecule has 0 saturated carbocycles. The highest BCUT2D eigenvalue weighted by Crippen LogP contribution is 1.99. The molecule has 0 saturated heterocycles. The largest absolute Gasteiger partial charge is 0.328 e. The molecule has 0 rings (SSSR count). The van der Waals surface area contributed by atoms with E-state index in [1.165, 1.54) is 0 Å². The Morgan fingerprint density at radius 3 is 1.82 bits per heavy atom. The van der Waals surface area contributed by atoms with Crippen LogP contribution in [0.3, 0.4) is 0 Å². The Balaban J connectivity index is -0.000000320. The molecule has 0 aliphatic heterocycles. The van der Waals surface area contributed by atoms with E-state index < -0.39 is 0 Å². The maximum absolute atomic E-state index is 5.67. The van der Waals surface area contributed by atoms with E-state index in [0.29, 0.717) is 12.1 Å². The summed E-state index contributed by atoms with van der Waals surface area (Å²) in [6, 6.07) is 0.665. The van der Waals surface area contributed by atoms with Crippen molar-refractivity contribution in [3.05, 3.63) is 0 Å². The lowest BCUT2D eigenvalue weighted by Gasteiger charge is -2.09. The SMILES string of the molecule is CCC(N)CCC(C)N.Cl.Cl. The smallest absolute Gasteiger partial charge is 0.00367 e. The topological polar surface area (TPSA) is 52.0 Å². The first kappa shape index (κ1) is 17.5. The van der Waals surface area contributed by atoms with Gasteiger partial charge in [0, 0.05) is 12.1 Å². The van der Waals surface area contributed by atoms with Crippen LogP contribution in [0.5, 0.6) is 0 Å². The molecule has 0 aromatic rings. The number of halogens is 2. The zero-order chi connectivity index (χ0) is 7.28. The molecular weight excluding hydrogens is 183 g/mol. The first-order chi connectivity index (χ1) is 4.16. The Kier molecular flexibility index (Phi) is 16.8. The number of hydrogen-bond acceptors (Lipinski definition) is 2. The summed E-state index contributed by atoms with van der Waals surface area (Å²) in [5.74, 6) is 0. The number of hydrogen-bond donors (Lipinski definition) is 2. The molecule has 72 valence electrons. The van der Waals surface area contributed by atoms with Gasteiger partial charge < -0.3 is 11.5 Å². The van der Waals surface area contributed by atoms with Crippen molar-refractivity contribution in [2.45, 2.75) is 45.2 Å². The van der Waals surface area contributed by atoms with Crippen molar-refractivity contribution in [3.8, 4) is 0 Å². The minimum absolute atomic E-state index is 0. The summed E-state index contributed by atoms with van der Waals surface area (Å²) in [4.78, 5) is 0. The molecule has 0 amide bonds. The first-order valence-electron chi connectivity index (χ1n) is 3.68. The van der Waals surface area contributed by atoms with Crippen molar-refractivity contribution in [1.29, 1.82) is 0 Å². The minimum Gasteiger partial charge on any atom is -0.328 e. The molecule has 0 aliphatic rings. The average Bonchev–Trinajstić information content (AvgIpc) is 1.83. The lowest BCUT2D eigenvalue weighted by atomic mass is 10.1. The van der Waals surface area contributed by atoms with Gasteiger partial charge in [-0.25, -0.2) is 0 Å². The average molecular weight is 203 g/mol. The predicted octanol–water partition coefficient (Wildman–Crippen LogP) is 1.69. The molecule has 2 atom stereocenters. The molecule has 0 heterocycles. The van der Waals surface area contributed by atoms with Crippen LogP contribution in [0.4, 0.5) is 0 Å². The minimum atomic E-state index is 0. The standard InChI is InChI=1S/C7H18N2.2ClH/c1-3-7(9)5-4-6(2)8;;/h6-7H,3-5,8-9H2,1-2H3;2*1H. The van der Waals surface area contributed by atoms with Crippen LogP contribution in [0.1, 0.15) is 33.1 Å². The maximum atomic E-state index is 5.67. The summed E-state index contributed by atoms with van der Waals surface area (Å²) >= 11 is 0. The molecule has 4 heteroatoms. The third-order valence-corrected chi connectivity index (χ3v) is 1.52. The number of rotatable bonds is 4. The molecule has 0 fully saturated rings. The van der Waals surface area contributed by atoms with Crippen LogP contribution in [-0.2, 0) is 0 Å². The summed E-state index contributed by atoms with van der Waals surface area (Å²) in [5, 5.41) is 0. The van der Waals surface area contributed by atoms with Gasteiger partial charge in [0.25, 0.3) is 0 Å². The monoisotopic (exact) mass is 202 g/mol. The van der Waals surface area contributed by atoms with Crippen LogP contribution in [0.25, 0.3) is 0 Å². The Morgan fingerprint density at radius 2 is 1.55 bits per heavy atom. The maximum Gasteiger partial charge on any atom is 0.00367 e. The van der Waals surface area contributed by atoms with Crippen molar-refractivity contribution in [2.75, 3.05) is 0 Å². The Morgan fingerprint density at radius 1 is 1.09 bits per heavy atom. The summed E-state index contributed by atoms with van der Waals surface area (Å²) in [6.07, 6.45) is 3.18. The third-order valence-electron chi connectivity index (χ3n) is 1.52. The van der Waals surface area contributed by atoms with Crippen molar-refractivity contribution in [3.63, 3.8) is 0 Å². The van der Waals surface area contributed by atoms with Gasteiger partial charge in [0.15, 0.2) is 0 Å². The van der Waals surface area contributed by atoms with Gasteiger partial charge in [0.05, 0.1) is 0 Å². The van der Waals surface area contributed by atoms with Gasteiger partial charge >= 0.3 is 0 Å². The fourth-order valence-electron chi connectivity index (χ4n) is 0.681. The fourth-order valence-corrected chi connectivity index (χ4v) is 0.681. The van der Waals surface area contributed by atoms with Gasteiger partial charge in [0.1, 0.15) is 0 Å². The van der Waals surface area contributed by atoms with Crippen molar-refractivity contribution < 1.29 is 0 Å². The predicted molar refractivity (Wildman–Crippen MR) is 55.6 cm³/mol. The normalized spacial score (nSPS) is 14.2. The molecule has 0 radical (unpaired) electrons. The summed E-state index contributed by atoms with van der Waals surface area (Å²) < 4.78 is 0. The zero-order valence-electron chi connectivity index (χ0n) is 7.25. The lowest BCUT2D eigenvalue weighted by molar-refractivity contribution is 0.528. The van der Waals surface area contributed by atoms with E-state index in [4.69, 9.17) is 11.5 Å². The van der Waals surface area contributed by atoms with Crippen molar-refractivity contribution in [1.82, 2.24) is 0 Å². The molecule has 0 aromatic carbocycles. The van der Waals surface area contributed by atoms with Gasteiger partial charge in [-0.05, 0) is 26.2 Å². The Bertz CT molecular complexity index is 69.5. The highest BCUT2D eigenvalue weighted by molar-refractivity contribution is 5.85. The Labute approximate surface area is 81.9 Å². The van der Waals surface area contributed by atoms with E-state index >= 15 is 0 Å². The second kappa shape index (κ2) is 10.5. The van der Waals surface area contributed by atoms with Crippen LogP contribution in [0.2, 0.25) is 0 Å².